The molecule has 1 atom stereocenters. The highest BCUT2D eigenvalue weighted by molar-refractivity contribution is 14.1. The van der Waals surface area contributed by atoms with Crippen molar-refractivity contribution >= 4 is 34.4 Å². The molecule has 0 aliphatic carbocycles. The Morgan fingerprint density at radius 2 is 1.70 bits per heavy atom. The monoisotopic (exact) mass is 387 g/mol. The summed E-state index contributed by atoms with van der Waals surface area (Å²) in [6.45, 7) is 3.90. The average molecular weight is 387 g/mol. The number of nitrogens with two attached hydrogens (primary N) is 1. The number of halogens is 1. The molecule has 0 radical (unpaired) electrons. The molecule has 1 saturated heterocycles. The van der Waals surface area contributed by atoms with Gasteiger partial charge in [0, 0.05) is 29.7 Å². The number of amides is 2. The second kappa shape index (κ2) is 6.53. The molecule has 2 N–H and O–H groups in total. The van der Waals surface area contributed by atoms with E-state index in [1.54, 1.807) is 16.7 Å². The highest BCUT2D eigenvalue weighted by Gasteiger charge is 2.26. The van der Waals surface area contributed by atoms with E-state index in [-0.39, 0.29) is 11.8 Å². The van der Waals surface area contributed by atoms with Gasteiger partial charge in [0.2, 0.25) is 5.91 Å². The van der Waals surface area contributed by atoms with E-state index < -0.39 is 6.04 Å². The van der Waals surface area contributed by atoms with Crippen molar-refractivity contribution in [3.8, 4) is 0 Å². The van der Waals surface area contributed by atoms with Gasteiger partial charge in [-0.25, -0.2) is 0 Å². The molecule has 1 aromatic carbocycles. The SMILES string of the molecule is C[C@@H](N)C(=O)N1CCN(C(=O)c2ccccc2I)CC1. The van der Waals surface area contributed by atoms with Crippen LogP contribution in [0.2, 0.25) is 0 Å². The molecule has 1 fully saturated rings. The van der Waals surface area contributed by atoms with E-state index in [4.69, 9.17) is 5.73 Å². The Balaban J connectivity index is 1.99. The second-order valence-electron chi connectivity index (χ2n) is 4.89. The van der Waals surface area contributed by atoms with Gasteiger partial charge >= 0.3 is 0 Å². The van der Waals surface area contributed by atoms with E-state index in [1.807, 2.05) is 24.3 Å². The molecule has 2 rings (SSSR count). The maximum atomic E-state index is 12.4. The first kappa shape index (κ1) is 15.2. The Labute approximate surface area is 132 Å². The second-order valence-corrected chi connectivity index (χ2v) is 6.05. The highest BCUT2D eigenvalue weighted by atomic mass is 127. The number of carbonyl (C=O) groups is 2. The van der Waals surface area contributed by atoms with Crippen LogP contribution in [0.5, 0.6) is 0 Å². The van der Waals surface area contributed by atoms with Gasteiger partial charge < -0.3 is 15.5 Å². The fraction of sp³-hybridized carbons (Fsp3) is 0.429. The topological polar surface area (TPSA) is 66.6 Å². The molecule has 1 heterocycles. The minimum atomic E-state index is -0.479. The highest BCUT2D eigenvalue weighted by Crippen LogP contribution is 2.15. The van der Waals surface area contributed by atoms with E-state index in [1.165, 1.54) is 0 Å². The zero-order valence-corrected chi connectivity index (χ0v) is 13.5. The van der Waals surface area contributed by atoms with Crippen LogP contribution in [0.1, 0.15) is 17.3 Å². The molecule has 2 amide bonds. The fourth-order valence-electron chi connectivity index (χ4n) is 2.22. The van der Waals surface area contributed by atoms with Crippen molar-refractivity contribution in [3.63, 3.8) is 0 Å². The summed E-state index contributed by atoms with van der Waals surface area (Å²) in [6.07, 6.45) is 0. The zero-order valence-electron chi connectivity index (χ0n) is 11.4. The predicted octanol–water partition coefficient (Wildman–Crippen LogP) is 0.923. The Kier molecular flexibility index (Phi) is 4.98. The van der Waals surface area contributed by atoms with Crippen molar-refractivity contribution in [2.45, 2.75) is 13.0 Å². The first-order chi connectivity index (χ1) is 9.50. The lowest BCUT2D eigenvalue weighted by Crippen LogP contribution is -2.53. The van der Waals surface area contributed by atoms with Crippen molar-refractivity contribution in [2.24, 2.45) is 5.73 Å². The molecule has 6 heteroatoms. The molecule has 0 unspecified atom stereocenters. The lowest BCUT2D eigenvalue weighted by Gasteiger charge is -2.35. The number of carbonyl (C=O) groups excluding carboxylic acids is 2. The Bertz CT molecular complexity index is 511. The molecule has 0 saturated carbocycles. The Morgan fingerprint density at radius 1 is 1.15 bits per heavy atom. The van der Waals surface area contributed by atoms with Gasteiger partial charge in [-0.3, -0.25) is 9.59 Å². The van der Waals surface area contributed by atoms with Crippen molar-refractivity contribution in [3.05, 3.63) is 33.4 Å². The third-order valence-corrected chi connectivity index (χ3v) is 4.31. The normalized spacial score (nSPS) is 16.9. The van der Waals surface area contributed by atoms with Gasteiger partial charge in [-0.05, 0) is 41.6 Å². The minimum Gasteiger partial charge on any atom is -0.338 e. The standard InChI is InChI=1S/C14H18IN3O2/c1-10(16)13(19)17-6-8-18(9-7-17)14(20)11-4-2-3-5-12(11)15/h2-5,10H,6-9,16H2,1H3/t10-/m1/s1. The summed E-state index contributed by atoms with van der Waals surface area (Å²) in [5.41, 5.74) is 6.32. The lowest BCUT2D eigenvalue weighted by atomic mass is 10.1. The molecular weight excluding hydrogens is 369 g/mol. The first-order valence-corrected chi connectivity index (χ1v) is 7.66. The van der Waals surface area contributed by atoms with Crippen LogP contribution in [0.25, 0.3) is 0 Å². The van der Waals surface area contributed by atoms with Crippen LogP contribution < -0.4 is 5.73 Å². The van der Waals surface area contributed by atoms with E-state index in [0.717, 1.165) is 9.13 Å². The summed E-state index contributed by atoms with van der Waals surface area (Å²) in [6, 6.07) is 7.06. The molecule has 0 bridgehead atoms. The number of benzene rings is 1. The number of piperazine rings is 1. The summed E-state index contributed by atoms with van der Waals surface area (Å²) >= 11 is 2.17. The van der Waals surface area contributed by atoms with Gasteiger partial charge in [-0.1, -0.05) is 12.1 Å². The summed E-state index contributed by atoms with van der Waals surface area (Å²) in [5.74, 6) is -0.0192. The van der Waals surface area contributed by atoms with Crippen LogP contribution in [0.4, 0.5) is 0 Å². The molecule has 108 valence electrons. The Hall–Kier alpha value is -1.15. The summed E-state index contributed by atoms with van der Waals surface area (Å²) in [7, 11) is 0. The Morgan fingerprint density at radius 3 is 2.25 bits per heavy atom. The smallest absolute Gasteiger partial charge is 0.255 e. The molecule has 1 aliphatic heterocycles. The van der Waals surface area contributed by atoms with Gasteiger partial charge in [0.15, 0.2) is 0 Å². The van der Waals surface area contributed by atoms with E-state index in [0.29, 0.717) is 26.2 Å². The van der Waals surface area contributed by atoms with Crippen LogP contribution in [0.15, 0.2) is 24.3 Å². The molecule has 1 aliphatic rings. The molecule has 1 aromatic rings. The number of hydrogen-bond donors (Lipinski definition) is 1. The number of hydrogen-bond acceptors (Lipinski definition) is 3. The van der Waals surface area contributed by atoms with Gasteiger partial charge in [0.1, 0.15) is 0 Å². The molecule has 20 heavy (non-hydrogen) atoms. The van der Waals surface area contributed by atoms with Crippen molar-refractivity contribution < 1.29 is 9.59 Å². The quantitative estimate of drug-likeness (QED) is 0.768. The molecule has 0 aromatic heterocycles. The van der Waals surface area contributed by atoms with Gasteiger partial charge in [0.25, 0.3) is 5.91 Å². The fourth-order valence-corrected chi connectivity index (χ4v) is 2.84. The van der Waals surface area contributed by atoms with Crippen LogP contribution >= 0.6 is 22.6 Å². The molecule has 0 spiro atoms. The lowest BCUT2D eigenvalue weighted by molar-refractivity contribution is -0.133. The van der Waals surface area contributed by atoms with Crippen molar-refractivity contribution in [1.82, 2.24) is 9.80 Å². The average Bonchev–Trinajstić information content (AvgIpc) is 2.46. The van der Waals surface area contributed by atoms with Crippen LogP contribution in [-0.4, -0.2) is 53.8 Å². The van der Waals surface area contributed by atoms with Crippen molar-refractivity contribution in [1.29, 1.82) is 0 Å². The predicted molar refractivity (Wildman–Crippen MR) is 85.3 cm³/mol. The van der Waals surface area contributed by atoms with E-state index in [9.17, 15) is 9.59 Å². The largest absolute Gasteiger partial charge is 0.338 e. The third kappa shape index (κ3) is 3.29. The minimum absolute atomic E-state index is 0.0305. The molecular formula is C14H18IN3O2. The summed E-state index contributed by atoms with van der Waals surface area (Å²) in [5, 5.41) is 0. The molecule has 5 nitrogen and oxygen atoms in total. The van der Waals surface area contributed by atoms with Crippen molar-refractivity contribution in [2.75, 3.05) is 26.2 Å². The number of nitrogens with zero attached hydrogens (tertiary/aromatic N) is 2. The van der Waals surface area contributed by atoms with Crippen LogP contribution in [0.3, 0.4) is 0 Å². The van der Waals surface area contributed by atoms with Gasteiger partial charge in [-0.15, -0.1) is 0 Å². The maximum absolute atomic E-state index is 12.4. The van der Waals surface area contributed by atoms with Crippen LogP contribution in [0, 0.1) is 3.57 Å². The van der Waals surface area contributed by atoms with Gasteiger partial charge in [0.05, 0.1) is 11.6 Å². The van der Waals surface area contributed by atoms with Crippen LogP contribution in [-0.2, 0) is 4.79 Å². The zero-order chi connectivity index (χ0) is 14.7. The summed E-state index contributed by atoms with van der Waals surface area (Å²) in [4.78, 5) is 27.7. The summed E-state index contributed by atoms with van der Waals surface area (Å²) < 4.78 is 0.948. The number of rotatable bonds is 2. The maximum Gasteiger partial charge on any atom is 0.255 e. The first-order valence-electron chi connectivity index (χ1n) is 6.59. The third-order valence-electron chi connectivity index (χ3n) is 3.37. The van der Waals surface area contributed by atoms with E-state index >= 15 is 0 Å². The van der Waals surface area contributed by atoms with Gasteiger partial charge in [-0.2, -0.15) is 0 Å². The van der Waals surface area contributed by atoms with E-state index in [2.05, 4.69) is 22.6 Å².